The van der Waals surface area contributed by atoms with Gasteiger partial charge >= 0.3 is 0 Å². The molecule has 0 aromatic rings. The molecule has 1 atom stereocenters. The summed E-state index contributed by atoms with van der Waals surface area (Å²) >= 11 is 0. The summed E-state index contributed by atoms with van der Waals surface area (Å²) in [5.74, 6) is 0. The Hall–Kier alpha value is -0.120. The molecular weight excluding hydrogens is 114 g/mol. The van der Waals surface area contributed by atoms with Crippen molar-refractivity contribution in [3.8, 4) is 0 Å². The number of hydrazine groups is 1. The van der Waals surface area contributed by atoms with E-state index in [0.29, 0.717) is 11.6 Å². The van der Waals surface area contributed by atoms with Crippen molar-refractivity contribution in [2.45, 2.75) is 26.9 Å². The molecule has 0 aliphatic carbocycles. The summed E-state index contributed by atoms with van der Waals surface area (Å²) < 4.78 is 0. The van der Waals surface area contributed by atoms with Crippen LogP contribution >= 0.6 is 0 Å². The van der Waals surface area contributed by atoms with Gasteiger partial charge in [0.25, 0.3) is 0 Å². The van der Waals surface area contributed by atoms with E-state index in [9.17, 15) is 0 Å². The van der Waals surface area contributed by atoms with Gasteiger partial charge in [-0.05, 0) is 5.41 Å². The molecule has 1 heterocycles. The fraction of sp³-hybridized carbons (Fsp3) is 1.00. The molecule has 0 aromatic carbocycles. The lowest BCUT2D eigenvalue weighted by Crippen LogP contribution is -2.44. The molecule has 3 nitrogen and oxygen atoms in total. The van der Waals surface area contributed by atoms with Crippen molar-refractivity contribution in [3.05, 3.63) is 0 Å². The van der Waals surface area contributed by atoms with Crippen LogP contribution in [0.1, 0.15) is 20.8 Å². The van der Waals surface area contributed by atoms with Crippen LogP contribution in [-0.2, 0) is 0 Å². The van der Waals surface area contributed by atoms with E-state index in [2.05, 4.69) is 36.9 Å². The Morgan fingerprint density at radius 2 is 2.00 bits per heavy atom. The van der Waals surface area contributed by atoms with E-state index in [1.807, 2.05) is 0 Å². The van der Waals surface area contributed by atoms with Crippen LogP contribution < -0.4 is 16.2 Å². The van der Waals surface area contributed by atoms with Crippen LogP contribution in [0, 0.1) is 5.41 Å². The monoisotopic (exact) mass is 129 g/mol. The molecule has 0 saturated carbocycles. The lowest BCUT2D eigenvalue weighted by molar-refractivity contribution is 0.265. The highest BCUT2D eigenvalue weighted by Crippen LogP contribution is 2.17. The molecule has 0 spiro atoms. The van der Waals surface area contributed by atoms with Gasteiger partial charge in [0, 0.05) is 0 Å². The van der Waals surface area contributed by atoms with Crippen molar-refractivity contribution in [1.82, 2.24) is 16.2 Å². The maximum atomic E-state index is 3.27. The molecule has 54 valence electrons. The summed E-state index contributed by atoms with van der Waals surface area (Å²) in [6, 6.07) is 0. The fourth-order valence-corrected chi connectivity index (χ4v) is 0.880. The van der Waals surface area contributed by atoms with Crippen LogP contribution in [-0.4, -0.2) is 12.8 Å². The Labute approximate surface area is 56.2 Å². The zero-order valence-electron chi connectivity index (χ0n) is 6.28. The van der Waals surface area contributed by atoms with Gasteiger partial charge in [0.05, 0.1) is 12.8 Å². The van der Waals surface area contributed by atoms with E-state index in [0.717, 1.165) is 6.67 Å². The number of nitrogens with one attached hydrogen (secondary N) is 3. The molecule has 1 aliphatic heterocycles. The molecule has 0 bridgehead atoms. The predicted octanol–water partition coefficient (Wildman–Crippen LogP) is 0.0135. The first-order valence-electron chi connectivity index (χ1n) is 3.32. The summed E-state index contributed by atoms with van der Waals surface area (Å²) in [5, 5.41) is 3.27. The highest BCUT2D eigenvalue weighted by atomic mass is 15.5. The second-order valence-electron chi connectivity index (χ2n) is 3.50. The number of rotatable bonds is 0. The molecule has 3 N–H and O–H groups in total. The Morgan fingerprint density at radius 1 is 1.33 bits per heavy atom. The summed E-state index contributed by atoms with van der Waals surface area (Å²) in [6.45, 7) is 7.46. The van der Waals surface area contributed by atoms with Crippen LogP contribution in [0.25, 0.3) is 0 Å². The smallest absolute Gasteiger partial charge is 0.0763 e. The third-order valence-electron chi connectivity index (χ3n) is 1.51. The average molecular weight is 129 g/mol. The minimum absolute atomic E-state index is 0.295. The van der Waals surface area contributed by atoms with E-state index in [-0.39, 0.29) is 0 Å². The topological polar surface area (TPSA) is 36.1 Å². The first-order chi connectivity index (χ1) is 4.11. The fourth-order valence-electron chi connectivity index (χ4n) is 0.880. The zero-order valence-corrected chi connectivity index (χ0v) is 6.28. The van der Waals surface area contributed by atoms with Crippen molar-refractivity contribution in [2.24, 2.45) is 5.41 Å². The molecule has 1 saturated heterocycles. The summed E-state index contributed by atoms with van der Waals surface area (Å²) in [4.78, 5) is 0. The van der Waals surface area contributed by atoms with Crippen molar-refractivity contribution in [1.29, 1.82) is 0 Å². The van der Waals surface area contributed by atoms with Crippen molar-refractivity contribution >= 4 is 0 Å². The molecule has 0 amide bonds. The standard InChI is InChI=1S/C6H15N3/c1-6(2,3)5-7-4-8-9-5/h5,7-9H,4H2,1-3H3. The number of hydrogen-bond donors (Lipinski definition) is 3. The van der Waals surface area contributed by atoms with E-state index in [4.69, 9.17) is 0 Å². The van der Waals surface area contributed by atoms with Crippen LogP contribution in [0.3, 0.4) is 0 Å². The molecule has 9 heavy (non-hydrogen) atoms. The van der Waals surface area contributed by atoms with Gasteiger partial charge in [-0.25, -0.2) is 10.9 Å². The highest BCUT2D eigenvalue weighted by Gasteiger charge is 2.26. The SMILES string of the molecule is CC(C)(C)C1NCNN1. The van der Waals surface area contributed by atoms with E-state index >= 15 is 0 Å². The van der Waals surface area contributed by atoms with Gasteiger partial charge in [-0.2, -0.15) is 0 Å². The van der Waals surface area contributed by atoms with Gasteiger partial charge in [0.1, 0.15) is 0 Å². The van der Waals surface area contributed by atoms with Crippen LogP contribution in [0.4, 0.5) is 0 Å². The van der Waals surface area contributed by atoms with Crippen LogP contribution in [0.15, 0.2) is 0 Å². The van der Waals surface area contributed by atoms with Crippen LogP contribution in [0.5, 0.6) is 0 Å². The van der Waals surface area contributed by atoms with Gasteiger partial charge in [0.2, 0.25) is 0 Å². The Morgan fingerprint density at radius 3 is 2.22 bits per heavy atom. The molecule has 1 unspecified atom stereocenters. The normalized spacial score (nSPS) is 29.0. The molecule has 0 aromatic heterocycles. The summed E-state index contributed by atoms with van der Waals surface area (Å²) in [6.07, 6.45) is 0.400. The van der Waals surface area contributed by atoms with Crippen molar-refractivity contribution in [3.63, 3.8) is 0 Å². The van der Waals surface area contributed by atoms with Gasteiger partial charge in [-0.3, -0.25) is 5.32 Å². The predicted molar refractivity (Wildman–Crippen MR) is 37.5 cm³/mol. The number of hydrogen-bond acceptors (Lipinski definition) is 3. The van der Waals surface area contributed by atoms with E-state index in [1.165, 1.54) is 0 Å². The first kappa shape index (κ1) is 6.99. The molecule has 1 rings (SSSR count). The Bertz CT molecular complexity index is 89.0. The lowest BCUT2D eigenvalue weighted by Gasteiger charge is -2.25. The Kier molecular flexibility index (Phi) is 1.75. The highest BCUT2D eigenvalue weighted by molar-refractivity contribution is 4.79. The molecule has 1 aliphatic rings. The molecular formula is C6H15N3. The van der Waals surface area contributed by atoms with Gasteiger partial charge < -0.3 is 0 Å². The van der Waals surface area contributed by atoms with E-state index in [1.54, 1.807) is 0 Å². The van der Waals surface area contributed by atoms with Gasteiger partial charge in [-0.15, -0.1) is 0 Å². The second kappa shape index (κ2) is 2.25. The van der Waals surface area contributed by atoms with Crippen molar-refractivity contribution in [2.75, 3.05) is 6.67 Å². The van der Waals surface area contributed by atoms with Crippen LogP contribution in [0.2, 0.25) is 0 Å². The third kappa shape index (κ3) is 1.64. The maximum absolute atomic E-state index is 3.27. The first-order valence-corrected chi connectivity index (χ1v) is 3.32. The Balaban J connectivity index is 2.42. The largest absolute Gasteiger partial charge is 0.287 e. The van der Waals surface area contributed by atoms with E-state index < -0.39 is 0 Å². The molecule has 1 fully saturated rings. The molecule has 3 heteroatoms. The van der Waals surface area contributed by atoms with Gasteiger partial charge in [0.15, 0.2) is 0 Å². The second-order valence-corrected chi connectivity index (χ2v) is 3.50. The van der Waals surface area contributed by atoms with Gasteiger partial charge in [-0.1, -0.05) is 20.8 Å². The molecule has 0 radical (unpaired) electrons. The summed E-state index contributed by atoms with van der Waals surface area (Å²) in [7, 11) is 0. The zero-order chi connectivity index (χ0) is 6.91. The minimum Gasteiger partial charge on any atom is -0.287 e. The minimum atomic E-state index is 0.295. The average Bonchev–Trinajstić information content (AvgIpc) is 2.08. The lowest BCUT2D eigenvalue weighted by atomic mass is 9.93. The maximum Gasteiger partial charge on any atom is 0.0763 e. The van der Waals surface area contributed by atoms with Crippen molar-refractivity contribution < 1.29 is 0 Å². The quantitative estimate of drug-likeness (QED) is 0.431. The third-order valence-corrected chi connectivity index (χ3v) is 1.51. The summed E-state index contributed by atoms with van der Waals surface area (Å²) in [5.41, 5.74) is 6.45.